The minimum atomic E-state index is -1.11. The minimum Gasteiger partial charge on any atom is -0.469 e. The zero-order chi connectivity index (χ0) is 11.9. The first-order valence-corrected chi connectivity index (χ1v) is 5.75. The van der Waals surface area contributed by atoms with E-state index < -0.39 is 5.60 Å². The molecule has 88 valence electrons. The lowest BCUT2D eigenvalue weighted by Crippen LogP contribution is -2.31. The molecule has 1 unspecified atom stereocenters. The number of rotatable bonds is 1. The molecular weight excluding hydrogens is 219 g/mol. The molecule has 0 aliphatic heterocycles. The van der Waals surface area contributed by atoms with E-state index in [0.29, 0.717) is 12.0 Å². The summed E-state index contributed by atoms with van der Waals surface area (Å²) in [6.07, 6.45) is 3.86. The van der Waals surface area contributed by atoms with Crippen LogP contribution in [0, 0.1) is 5.82 Å². The first-order chi connectivity index (χ1) is 8.20. The van der Waals surface area contributed by atoms with Crippen LogP contribution in [0.3, 0.4) is 0 Å². The number of aliphatic hydroxyl groups is 1. The van der Waals surface area contributed by atoms with Crippen molar-refractivity contribution >= 4 is 0 Å². The highest BCUT2D eigenvalue weighted by molar-refractivity contribution is 5.39. The van der Waals surface area contributed by atoms with Crippen LogP contribution < -0.4 is 0 Å². The van der Waals surface area contributed by atoms with Crippen molar-refractivity contribution in [3.63, 3.8) is 0 Å². The molecule has 0 radical (unpaired) electrons. The van der Waals surface area contributed by atoms with Gasteiger partial charge in [0.1, 0.15) is 17.2 Å². The van der Waals surface area contributed by atoms with Crippen molar-refractivity contribution in [1.82, 2.24) is 0 Å². The molecule has 3 heteroatoms. The lowest BCUT2D eigenvalue weighted by atomic mass is 9.78. The van der Waals surface area contributed by atoms with Crippen molar-refractivity contribution in [2.45, 2.75) is 24.9 Å². The quantitative estimate of drug-likeness (QED) is 0.820. The second-order valence-corrected chi connectivity index (χ2v) is 4.48. The molecule has 3 rings (SSSR count). The molecule has 2 aromatic rings. The Morgan fingerprint density at radius 1 is 1.29 bits per heavy atom. The van der Waals surface area contributed by atoms with Gasteiger partial charge in [-0.15, -0.1) is 0 Å². The highest BCUT2D eigenvalue weighted by atomic mass is 19.1. The van der Waals surface area contributed by atoms with Gasteiger partial charge in [0, 0.05) is 12.0 Å². The van der Waals surface area contributed by atoms with Gasteiger partial charge in [-0.25, -0.2) is 4.39 Å². The van der Waals surface area contributed by atoms with Crippen molar-refractivity contribution in [3.05, 3.63) is 59.3 Å². The summed E-state index contributed by atoms with van der Waals surface area (Å²) in [7, 11) is 0. The lowest BCUT2D eigenvalue weighted by molar-refractivity contribution is 0.0586. The van der Waals surface area contributed by atoms with E-state index in [2.05, 4.69) is 0 Å². The second-order valence-electron chi connectivity index (χ2n) is 4.48. The van der Waals surface area contributed by atoms with E-state index in [4.69, 9.17) is 4.42 Å². The molecule has 0 spiro atoms. The molecule has 0 saturated carbocycles. The van der Waals surface area contributed by atoms with E-state index in [9.17, 15) is 9.50 Å². The van der Waals surface area contributed by atoms with E-state index in [0.717, 1.165) is 24.2 Å². The molecule has 0 fully saturated rings. The molecule has 2 nitrogen and oxygen atoms in total. The van der Waals surface area contributed by atoms with Crippen LogP contribution in [0.5, 0.6) is 0 Å². The summed E-state index contributed by atoms with van der Waals surface area (Å²) >= 11 is 0. The standard InChI is InChI=1S/C14H13FO2/c15-11-4-1-3-10(9-11)14(16)7-2-5-13-12(14)6-8-17-13/h1,3-4,6,8-9,16H,2,5,7H2. The van der Waals surface area contributed by atoms with Gasteiger partial charge in [0.05, 0.1) is 6.26 Å². The monoisotopic (exact) mass is 232 g/mol. The molecule has 1 N–H and O–H groups in total. The number of fused-ring (bicyclic) bond motifs is 1. The minimum absolute atomic E-state index is 0.327. The maximum absolute atomic E-state index is 13.3. The zero-order valence-corrected chi connectivity index (χ0v) is 9.32. The van der Waals surface area contributed by atoms with Gasteiger partial charge in [-0.1, -0.05) is 12.1 Å². The van der Waals surface area contributed by atoms with Gasteiger partial charge in [-0.3, -0.25) is 0 Å². The van der Waals surface area contributed by atoms with Crippen molar-refractivity contribution < 1.29 is 13.9 Å². The summed E-state index contributed by atoms with van der Waals surface area (Å²) in [6, 6.07) is 7.93. The Kier molecular flexibility index (Phi) is 2.30. The molecule has 1 aromatic carbocycles. The number of benzene rings is 1. The Balaban J connectivity index is 2.15. The molecule has 1 atom stereocenters. The Labute approximate surface area is 98.7 Å². The molecule has 0 saturated heterocycles. The molecule has 1 aliphatic rings. The van der Waals surface area contributed by atoms with Gasteiger partial charge in [0.15, 0.2) is 0 Å². The number of aryl methyl sites for hydroxylation is 1. The number of halogens is 1. The summed E-state index contributed by atoms with van der Waals surface area (Å²) in [5.41, 5.74) is 0.261. The molecule has 0 bridgehead atoms. The van der Waals surface area contributed by atoms with E-state index in [-0.39, 0.29) is 5.82 Å². The maximum Gasteiger partial charge on any atom is 0.123 e. The van der Waals surface area contributed by atoms with Crippen LogP contribution in [0.25, 0.3) is 0 Å². The Hall–Kier alpha value is -1.61. The Morgan fingerprint density at radius 2 is 2.18 bits per heavy atom. The molecular formula is C14H13FO2. The van der Waals surface area contributed by atoms with Gasteiger partial charge < -0.3 is 9.52 Å². The van der Waals surface area contributed by atoms with Gasteiger partial charge in [-0.05, 0) is 36.6 Å². The predicted octanol–water partition coefficient (Wildman–Crippen LogP) is 2.99. The number of furan rings is 1. The van der Waals surface area contributed by atoms with Gasteiger partial charge in [-0.2, -0.15) is 0 Å². The fourth-order valence-electron chi connectivity index (χ4n) is 2.59. The topological polar surface area (TPSA) is 33.4 Å². The van der Waals surface area contributed by atoms with Gasteiger partial charge in [0.2, 0.25) is 0 Å². The first kappa shape index (κ1) is 10.5. The van der Waals surface area contributed by atoms with Crippen LogP contribution in [0.15, 0.2) is 41.0 Å². The fraction of sp³-hybridized carbons (Fsp3) is 0.286. The number of hydrogen-bond acceptors (Lipinski definition) is 2. The SMILES string of the molecule is OC1(c2cccc(F)c2)CCCc2occc21. The average molecular weight is 232 g/mol. The zero-order valence-electron chi connectivity index (χ0n) is 9.32. The average Bonchev–Trinajstić information content (AvgIpc) is 2.79. The van der Waals surface area contributed by atoms with E-state index in [1.165, 1.54) is 12.1 Å². The third-order valence-electron chi connectivity index (χ3n) is 3.44. The summed E-state index contributed by atoms with van der Waals surface area (Å²) in [6.45, 7) is 0. The summed E-state index contributed by atoms with van der Waals surface area (Å²) in [5.74, 6) is 0.481. The van der Waals surface area contributed by atoms with Crippen LogP contribution in [-0.4, -0.2) is 5.11 Å². The maximum atomic E-state index is 13.3. The van der Waals surface area contributed by atoms with E-state index in [1.54, 1.807) is 24.5 Å². The predicted molar refractivity (Wildman–Crippen MR) is 61.0 cm³/mol. The van der Waals surface area contributed by atoms with Crippen molar-refractivity contribution in [3.8, 4) is 0 Å². The molecule has 17 heavy (non-hydrogen) atoms. The highest BCUT2D eigenvalue weighted by Crippen LogP contribution is 2.41. The van der Waals surface area contributed by atoms with Crippen molar-refractivity contribution in [2.24, 2.45) is 0 Å². The van der Waals surface area contributed by atoms with E-state index >= 15 is 0 Å². The van der Waals surface area contributed by atoms with Crippen LogP contribution in [0.1, 0.15) is 29.7 Å². The smallest absolute Gasteiger partial charge is 0.123 e. The van der Waals surface area contributed by atoms with E-state index in [1.807, 2.05) is 0 Å². The largest absolute Gasteiger partial charge is 0.469 e. The van der Waals surface area contributed by atoms with Gasteiger partial charge in [0.25, 0.3) is 0 Å². The van der Waals surface area contributed by atoms with Crippen LogP contribution in [0.2, 0.25) is 0 Å². The third-order valence-corrected chi connectivity index (χ3v) is 3.44. The normalized spacial score (nSPS) is 23.4. The second kappa shape index (κ2) is 3.70. The van der Waals surface area contributed by atoms with Crippen LogP contribution in [0.4, 0.5) is 4.39 Å². The molecule has 1 aliphatic carbocycles. The summed E-state index contributed by atoms with van der Waals surface area (Å²) in [4.78, 5) is 0. The van der Waals surface area contributed by atoms with Crippen molar-refractivity contribution in [1.29, 1.82) is 0 Å². The van der Waals surface area contributed by atoms with Crippen LogP contribution in [-0.2, 0) is 12.0 Å². The molecule has 1 aromatic heterocycles. The van der Waals surface area contributed by atoms with Crippen LogP contribution >= 0.6 is 0 Å². The summed E-state index contributed by atoms with van der Waals surface area (Å²) < 4.78 is 18.6. The number of hydrogen-bond donors (Lipinski definition) is 1. The van der Waals surface area contributed by atoms with Gasteiger partial charge >= 0.3 is 0 Å². The van der Waals surface area contributed by atoms with Crippen molar-refractivity contribution in [2.75, 3.05) is 0 Å². The third kappa shape index (κ3) is 1.58. The Morgan fingerprint density at radius 3 is 3.00 bits per heavy atom. The molecule has 0 amide bonds. The first-order valence-electron chi connectivity index (χ1n) is 5.75. The Bertz CT molecular complexity index is 547. The summed E-state index contributed by atoms with van der Waals surface area (Å²) in [5, 5.41) is 10.8. The highest BCUT2D eigenvalue weighted by Gasteiger charge is 2.37. The fourth-order valence-corrected chi connectivity index (χ4v) is 2.59. The molecule has 1 heterocycles. The lowest BCUT2D eigenvalue weighted by Gasteiger charge is -2.32.